The minimum atomic E-state index is -0.189. The number of aliphatic hydroxyl groups is 1. The molecule has 1 amide bonds. The number of hydrogen-bond donors (Lipinski definition) is 3. The standard InChI is InChI=1S/C18H35NO2.C2H7N/c1-2-3-4-11-14-17(20)15-12-9-7-5-6-8-10-13-16-18(19)21;1-3-2/h9,12,17,20H,2-8,10-11,13-16H2,1H3,(H2,19,21);3H,1-2H3/b12-9-;. The molecule has 0 heterocycles. The number of aliphatic hydroxyl groups excluding tert-OH is 1. The molecular weight excluding hydrogens is 300 g/mol. The first-order chi connectivity index (χ1) is 11.6. The molecule has 1 unspecified atom stereocenters. The highest BCUT2D eigenvalue weighted by molar-refractivity contribution is 5.73. The van der Waals surface area contributed by atoms with Gasteiger partial charge in [0.1, 0.15) is 0 Å². The van der Waals surface area contributed by atoms with Crippen LogP contribution < -0.4 is 11.1 Å². The monoisotopic (exact) mass is 342 g/mol. The van der Waals surface area contributed by atoms with E-state index in [4.69, 9.17) is 5.73 Å². The van der Waals surface area contributed by atoms with E-state index in [1.54, 1.807) is 0 Å². The van der Waals surface area contributed by atoms with Crippen molar-refractivity contribution in [3.05, 3.63) is 12.2 Å². The van der Waals surface area contributed by atoms with Gasteiger partial charge in [-0.2, -0.15) is 0 Å². The van der Waals surface area contributed by atoms with Crippen molar-refractivity contribution in [3.63, 3.8) is 0 Å². The molecule has 0 aromatic carbocycles. The second kappa shape index (κ2) is 22.1. The summed E-state index contributed by atoms with van der Waals surface area (Å²) in [5.74, 6) is -0.189. The summed E-state index contributed by atoms with van der Waals surface area (Å²) in [4.78, 5) is 10.6. The highest BCUT2D eigenvalue weighted by Crippen LogP contribution is 2.10. The highest BCUT2D eigenvalue weighted by Gasteiger charge is 2.00. The van der Waals surface area contributed by atoms with Crippen molar-refractivity contribution < 1.29 is 9.90 Å². The average molecular weight is 343 g/mol. The molecule has 0 rings (SSSR count). The molecule has 0 aromatic rings. The molecule has 4 N–H and O–H groups in total. The van der Waals surface area contributed by atoms with Gasteiger partial charge in [-0.3, -0.25) is 4.79 Å². The molecule has 0 aliphatic heterocycles. The smallest absolute Gasteiger partial charge is 0.217 e. The topological polar surface area (TPSA) is 75.3 Å². The van der Waals surface area contributed by atoms with Gasteiger partial charge in [-0.1, -0.05) is 64.0 Å². The minimum absolute atomic E-state index is 0.160. The molecular formula is C20H42N2O2. The van der Waals surface area contributed by atoms with Crippen LogP contribution in [0.25, 0.3) is 0 Å². The summed E-state index contributed by atoms with van der Waals surface area (Å²) >= 11 is 0. The Labute approximate surface area is 150 Å². The second-order valence-electron chi connectivity index (χ2n) is 6.48. The summed E-state index contributed by atoms with van der Waals surface area (Å²) in [6.07, 6.45) is 18.0. The Bertz CT molecular complexity index is 281. The predicted octanol–water partition coefficient (Wildman–Crippen LogP) is 4.32. The van der Waals surface area contributed by atoms with E-state index < -0.39 is 0 Å². The first kappa shape index (κ1) is 25.4. The molecule has 0 fully saturated rings. The fraction of sp³-hybridized carbons (Fsp3) is 0.850. The summed E-state index contributed by atoms with van der Waals surface area (Å²) in [6.45, 7) is 2.21. The Kier molecular flexibility index (Phi) is 23.4. The van der Waals surface area contributed by atoms with Crippen LogP contribution in [0.5, 0.6) is 0 Å². The number of primary amides is 1. The fourth-order valence-corrected chi connectivity index (χ4v) is 2.39. The zero-order valence-electron chi connectivity index (χ0n) is 16.4. The quantitative estimate of drug-likeness (QED) is 0.306. The van der Waals surface area contributed by atoms with Crippen LogP contribution in [0.2, 0.25) is 0 Å². The fourth-order valence-electron chi connectivity index (χ4n) is 2.39. The lowest BCUT2D eigenvalue weighted by atomic mass is 10.1. The summed E-state index contributed by atoms with van der Waals surface area (Å²) in [5.41, 5.74) is 5.09. The summed E-state index contributed by atoms with van der Waals surface area (Å²) in [6, 6.07) is 0. The number of allylic oxidation sites excluding steroid dienone is 1. The lowest BCUT2D eigenvalue weighted by Gasteiger charge is -2.07. The van der Waals surface area contributed by atoms with Crippen LogP contribution in [-0.2, 0) is 4.79 Å². The van der Waals surface area contributed by atoms with E-state index in [9.17, 15) is 9.90 Å². The summed E-state index contributed by atoms with van der Waals surface area (Å²) in [5, 5.41) is 12.6. The van der Waals surface area contributed by atoms with E-state index in [1.807, 2.05) is 14.1 Å². The van der Waals surface area contributed by atoms with Crippen molar-refractivity contribution in [3.8, 4) is 0 Å². The molecule has 0 aromatic heterocycles. The maximum atomic E-state index is 10.6. The molecule has 0 saturated heterocycles. The Morgan fingerprint density at radius 3 is 2.21 bits per heavy atom. The number of nitrogens with one attached hydrogen (secondary N) is 1. The lowest BCUT2D eigenvalue weighted by Crippen LogP contribution is -2.09. The normalized spacial score (nSPS) is 12.0. The van der Waals surface area contributed by atoms with Gasteiger partial charge < -0.3 is 16.2 Å². The Morgan fingerprint density at radius 1 is 1.00 bits per heavy atom. The first-order valence-electron chi connectivity index (χ1n) is 9.78. The number of nitrogens with two attached hydrogens (primary N) is 1. The molecule has 0 spiro atoms. The molecule has 4 heteroatoms. The second-order valence-corrected chi connectivity index (χ2v) is 6.48. The van der Waals surface area contributed by atoms with Crippen molar-refractivity contribution in [2.24, 2.45) is 5.73 Å². The van der Waals surface area contributed by atoms with Crippen LogP contribution in [0.4, 0.5) is 0 Å². The highest BCUT2D eigenvalue weighted by atomic mass is 16.3. The Morgan fingerprint density at radius 2 is 1.58 bits per heavy atom. The van der Waals surface area contributed by atoms with Gasteiger partial charge in [-0.05, 0) is 46.2 Å². The third-order valence-electron chi connectivity index (χ3n) is 3.76. The largest absolute Gasteiger partial charge is 0.393 e. The van der Waals surface area contributed by atoms with Gasteiger partial charge in [-0.25, -0.2) is 0 Å². The number of carbonyl (C=O) groups excluding carboxylic acids is 1. The average Bonchev–Trinajstić information content (AvgIpc) is 2.54. The van der Waals surface area contributed by atoms with Crippen molar-refractivity contribution in [1.29, 1.82) is 0 Å². The Balaban J connectivity index is 0. The molecule has 144 valence electrons. The van der Waals surface area contributed by atoms with Gasteiger partial charge in [-0.15, -0.1) is 0 Å². The van der Waals surface area contributed by atoms with Crippen LogP contribution in [0.3, 0.4) is 0 Å². The molecule has 0 saturated carbocycles. The molecule has 0 aliphatic carbocycles. The molecule has 1 atom stereocenters. The van der Waals surface area contributed by atoms with E-state index >= 15 is 0 Å². The molecule has 4 nitrogen and oxygen atoms in total. The van der Waals surface area contributed by atoms with E-state index in [2.05, 4.69) is 24.4 Å². The van der Waals surface area contributed by atoms with Crippen LogP contribution in [0.1, 0.15) is 90.4 Å². The van der Waals surface area contributed by atoms with Gasteiger partial charge in [0.2, 0.25) is 5.91 Å². The zero-order chi connectivity index (χ0) is 18.5. The van der Waals surface area contributed by atoms with Crippen molar-refractivity contribution >= 4 is 5.91 Å². The number of hydrogen-bond acceptors (Lipinski definition) is 3. The van der Waals surface area contributed by atoms with Gasteiger partial charge >= 0.3 is 0 Å². The molecule has 0 aliphatic rings. The van der Waals surface area contributed by atoms with E-state index in [-0.39, 0.29) is 12.0 Å². The van der Waals surface area contributed by atoms with E-state index in [0.29, 0.717) is 6.42 Å². The number of unbranched alkanes of at least 4 members (excludes halogenated alkanes) is 8. The number of carbonyl (C=O) groups is 1. The maximum absolute atomic E-state index is 10.6. The summed E-state index contributed by atoms with van der Waals surface area (Å²) < 4.78 is 0. The number of rotatable bonds is 15. The van der Waals surface area contributed by atoms with Crippen LogP contribution in [-0.4, -0.2) is 31.2 Å². The van der Waals surface area contributed by atoms with Crippen LogP contribution in [0, 0.1) is 0 Å². The lowest BCUT2D eigenvalue weighted by molar-refractivity contribution is -0.118. The third-order valence-corrected chi connectivity index (χ3v) is 3.76. The van der Waals surface area contributed by atoms with Crippen molar-refractivity contribution in [2.45, 2.75) is 96.5 Å². The maximum Gasteiger partial charge on any atom is 0.217 e. The molecule has 24 heavy (non-hydrogen) atoms. The number of amides is 1. The van der Waals surface area contributed by atoms with Crippen molar-refractivity contribution in [1.82, 2.24) is 5.32 Å². The van der Waals surface area contributed by atoms with Crippen LogP contribution in [0.15, 0.2) is 12.2 Å². The molecule has 0 radical (unpaired) electrons. The van der Waals surface area contributed by atoms with Gasteiger partial charge in [0.05, 0.1) is 6.10 Å². The van der Waals surface area contributed by atoms with Gasteiger partial charge in [0.15, 0.2) is 0 Å². The zero-order valence-corrected chi connectivity index (χ0v) is 16.4. The predicted molar refractivity (Wildman–Crippen MR) is 105 cm³/mol. The SMILES string of the molecule is CCCCCCC(O)C/C=C\CCCCCCCC(N)=O.CNC. The van der Waals surface area contributed by atoms with E-state index in [0.717, 1.165) is 38.5 Å². The van der Waals surface area contributed by atoms with Gasteiger partial charge in [0.25, 0.3) is 0 Å². The molecule has 0 bridgehead atoms. The third kappa shape index (κ3) is 26.0. The summed E-state index contributed by atoms with van der Waals surface area (Å²) in [7, 11) is 3.75. The van der Waals surface area contributed by atoms with Gasteiger partial charge in [0, 0.05) is 6.42 Å². The van der Waals surface area contributed by atoms with Crippen LogP contribution >= 0.6 is 0 Å². The van der Waals surface area contributed by atoms with E-state index in [1.165, 1.54) is 38.5 Å². The minimum Gasteiger partial charge on any atom is -0.393 e. The Hall–Kier alpha value is -0.870. The first-order valence-corrected chi connectivity index (χ1v) is 9.78. The van der Waals surface area contributed by atoms with Crippen molar-refractivity contribution in [2.75, 3.05) is 14.1 Å².